The van der Waals surface area contributed by atoms with E-state index in [1.807, 2.05) is 19.9 Å². The highest BCUT2D eigenvalue weighted by Gasteiger charge is 2.30. The van der Waals surface area contributed by atoms with Crippen LogP contribution in [0.3, 0.4) is 0 Å². The Kier molecular flexibility index (Phi) is 6.39. The molecular formula is C19H24N2O4S. The van der Waals surface area contributed by atoms with Gasteiger partial charge < -0.3 is 10.1 Å². The fourth-order valence-corrected chi connectivity index (χ4v) is 3.05. The van der Waals surface area contributed by atoms with Gasteiger partial charge in [0.05, 0.1) is 12.4 Å². The highest BCUT2D eigenvalue weighted by atomic mass is 32.2. The lowest BCUT2D eigenvalue weighted by Gasteiger charge is -2.25. The van der Waals surface area contributed by atoms with Gasteiger partial charge in [0.25, 0.3) is 0 Å². The first-order valence-corrected chi connectivity index (χ1v) is 10.1. The maximum absolute atomic E-state index is 12.8. The summed E-state index contributed by atoms with van der Waals surface area (Å²) in [4.78, 5) is 12.8. The van der Waals surface area contributed by atoms with Crippen molar-refractivity contribution in [3.05, 3.63) is 60.2 Å². The summed E-state index contributed by atoms with van der Waals surface area (Å²) in [5.41, 5.74) is 1.16. The van der Waals surface area contributed by atoms with Gasteiger partial charge >= 0.3 is 0 Å². The van der Waals surface area contributed by atoms with Gasteiger partial charge in [-0.3, -0.25) is 4.79 Å². The summed E-state index contributed by atoms with van der Waals surface area (Å²) >= 11 is 0. The van der Waals surface area contributed by atoms with Gasteiger partial charge in [0.2, 0.25) is 15.9 Å². The van der Waals surface area contributed by atoms with E-state index in [0.717, 1.165) is 10.6 Å². The molecule has 0 spiro atoms. The van der Waals surface area contributed by atoms with Crippen LogP contribution < -0.4 is 10.1 Å². The standard InChI is InChI=1S/C19H24N2O4S/c1-14(2)25-17-12-10-16(11-13-17)20-19(22)18(21(3)26(4,23)24)15-8-6-5-7-9-15/h5-14,18H,1-4H3,(H,20,22)/t18-/m0/s1. The van der Waals surface area contributed by atoms with Crippen LogP contribution in [0.1, 0.15) is 25.5 Å². The average Bonchev–Trinajstić information content (AvgIpc) is 2.56. The minimum absolute atomic E-state index is 0.0568. The molecule has 0 aliphatic rings. The van der Waals surface area contributed by atoms with Gasteiger partial charge in [0.15, 0.2) is 0 Å². The summed E-state index contributed by atoms with van der Waals surface area (Å²) in [6, 6.07) is 14.8. The van der Waals surface area contributed by atoms with Crippen LogP contribution in [0.2, 0.25) is 0 Å². The molecule has 0 saturated carbocycles. The molecule has 1 N–H and O–H groups in total. The van der Waals surface area contributed by atoms with Crippen LogP contribution in [0.25, 0.3) is 0 Å². The predicted octanol–water partition coefficient (Wildman–Crippen LogP) is 3.05. The van der Waals surface area contributed by atoms with E-state index in [0.29, 0.717) is 17.0 Å². The first-order valence-electron chi connectivity index (χ1n) is 8.24. The number of hydrogen-bond acceptors (Lipinski definition) is 4. The van der Waals surface area contributed by atoms with Gasteiger partial charge in [0, 0.05) is 12.7 Å². The molecule has 0 aliphatic carbocycles. The molecule has 2 aromatic rings. The number of anilines is 1. The lowest BCUT2D eigenvalue weighted by Crippen LogP contribution is -2.38. The Balaban J connectivity index is 2.24. The number of ether oxygens (including phenoxy) is 1. The Bertz CT molecular complexity index is 834. The van der Waals surface area contributed by atoms with Gasteiger partial charge in [0.1, 0.15) is 11.8 Å². The van der Waals surface area contributed by atoms with Crippen LogP contribution in [0.5, 0.6) is 5.75 Å². The van der Waals surface area contributed by atoms with E-state index in [-0.39, 0.29) is 6.10 Å². The monoisotopic (exact) mass is 376 g/mol. The highest BCUT2D eigenvalue weighted by Crippen LogP contribution is 2.24. The highest BCUT2D eigenvalue weighted by molar-refractivity contribution is 7.88. The first kappa shape index (κ1) is 19.9. The number of carbonyl (C=O) groups is 1. The minimum Gasteiger partial charge on any atom is -0.491 e. The van der Waals surface area contributed by atoms with Crippen molar-refractivity contribution in [1.29, 1.82) is 0 Å². The molecule has 7 heteroatoms. The zero-order valence-electron chi connectivity index (χ0n) is 15.3. The fourth-order valence-electron chi connectivity index (χ4n) is 2.45. The molecule has 0 bridgehead atoms. The molecule has 0 aromatic heterocycles. The molecule has 0 fully saturated rings. The Morgan fingerprint density at radius 3 is 2.12 bits per heavy atom. The lowest BCUT2D eigenvalue weighted by molar-refractivity contribution is -0.119. The zero-order valence-corrected chi connectivity index (χ0v) is 16.2. The first-order chi connectivity index (χ1) is 12.2. The van der Waals surface area contributed by atoms with E-state index in [1.54, 1.807) is 48.5 Å². The second kappa shape index (κ2) is 8.33. The third kappa shape index (κ3) is 5.31. The van der Waals surface area contributed by atoms with Crippen LogP contribution in [-0.2, 0) is 14.8 Å². The van der Waals surface area contributed by atoms with Crippen LogP contribution in [-0.4, -0.2) is 38.0 Å². The molecule has 0 aliphatic heterocycles. The van der Waals surface area contributed by atoms with E-state index in [4.69, 9.17) is 4.74 Å². The molecule has 26 heavy (non-hydrogen) atoms. The van der Waals surface area contributed by atoms with Crippen molar-refractivity contribution >= 4 is 21.6 Å². The summed E-state index contributed by atoms with van der Waals surface area (Å²) in [6.45, 7) is 3.86. The molecule has 0 saturated heterocycles. The molecular weight excluding hydrogens is 352 g/mol. The number of amides is 1. The Labute approximate surface area is 154 Å². The van der Waals surface area contributed by atoms with Gasteiger partial charge in [-0.1, -0.05) is 30.3 Å². The zero-order chi connectivity index (χ0) is 19.3. The van der Waals surface area contributed by atoms with Crippen molar-refractivity contribution in [3.8, 4) is 5.75 Å². The van der Waals surface area contributed by atoms with E-state index >= 15 is 0 Å². The van der Waals surface area contributed by atoms with Crippen molar-refractivity contribution in [2.24, 2.45) is 0 Å². The molecule has 0 heterocycles. The SMILES string of the molecule is CC(C)Oc1ccc(NC(=O)[C@H](c2ccccc2)N(C)S(C)(=O)=O)cc1. The maximum Gasteiger partial charge on any atom is 0.247 e. The number of likely N-dealkylation sites (N-methyl/N-ethyl adjacent to an activating group) is 1. The summed E-state index contributed by atoms with van der Waals surface area (Å²) in [5, 5.41) is 2.77. The van der Waals surface area contributed by atoms with Crippen molar-refractivity contribution < 1.29 is 17.9 Å². The normalized spacial score (nSPS) is 12.8. The van der Waals surface area contributed by atoms with E-state index < -0.39 is 22.0 Å². The molecule has 140 valence electrons. The summed E-state index contributed by atoms with van der Waals surface area (Å²) in [5.74, 6) is 0.271. The topological polar surface area (TPSA) is 75.7 Å². The van der Waals surface area contributed by atoms with Crippen LogP contribution in [0.15, 0.2) is 54.6 Å². The van der Waals surface area contributed by atoms with Gasteiger partial charge in [-0.25, -0.2) is 8.42 Å². The average molecular weight is 376 g/mol. The van der Waals surface area contributed by atoms with Crippen LogP contribution in [0, 0.1) is 0 Å². The molecule has 0 unspecified atom stereocenters. The molecule has 1 atom stereocenters. The summed E-state index contributed by atoms with van der Waals surface area (Å²) in [7, 11) is -2.16. The molecule has 0 radical (unpaired) electrons. The maximum atomic E-state index is 12.8. The third-order valence-corrected chi connectivity index (χ3v) is 5.00. The fraction of sp³-hybridized carbons (Fsp3) is 0.316. The molecule has 2 aromatic carbocycles. The number of sulfonamides is 1. The van der Waals surface area contributed by atoms with Gasteiger partial charge in [-0.15, -0.1) is 0 Å². The Morgan fingerprint density at radius 2 is 1.62 bits per heavy atom. The predicted molar refractivity (Wildman–Crippen MR) is 103 cm³/mol. The smallest absolute Gasteiger partial charge is 0.247 e. The van der Waals surface area contributed by atoms with Crippen LogP contribution in [0.4, 0.5) is 5.69 Å². The van der Waals surface area contributed by atoms with Crippen molar-refractivity contribution in [2.75, 3.05) is 18.6 Å². The van der Waals surface area contributed by atoms with E-state index in [9.17, 15) is 13.2 Å². The van der Waals surface area contributed by atoms with Crippen molar-refractivity contribution in [3.63, 3.8) is 0 Å². The number of nitrogens with zero attached hydrogens (tertiary/aromatic N) is 1. The van der Waals surface area contributed by atoms with E-state index in [1.165, 1.54) is 7.05 Å². The van der Waals surface area contributed by atoms with E-state index in [2.05, 4.69) is 5.32 Å². The number of nitrogens with one attached hydrogen (secondary N) is 1. The second-order valence-corrected chi connectivity index (χ2v) is 8.31. The number of hydrogen-bond donors (Lipinski definition) is 1. The molecule has 2 rings (SSSR count). The van der Waals surface area contributed by atoms with Gasteiger partial charge in [-0.2, -0.15) is 4.31 Å². The second-order valence-electron chi connectivity index (χ2n) is 6.27. The lowest BCUT2D eigenvalue weighted by atomic mass is 10.1. The Hall–Kier alpha value is -2.38. The molecule has 6 nitrogen and oxygen atoms in total. The summed E-state index contributed by atoms with van der Waals surface area (Å²) in [6.07, 6.45) is 1.13. The number of carbonyl (C=O) groups excluding carboxylic acids is 1. The summed E-state index contributed by atoms with van der Waals surface area (Å²) < 4.78 is 30.6. The van der Waals surface area contributed by atoms with Crippen molar-refractivity contribution in [1.82, 2.24) is 4.31 Å². The third-order valence-electron chi connectivity index (χ3n) is 3.74. The Morgan fingerprint density at radius 1 is 1.04 bits per heavy atom. The molecule has 1 amide bonds. The largest absolute Gasteiger partial charge is 0.491 e. The minimum atomic E-state index is -3.56. The van der Waals surface area contributed by atoms with Crippen molar-refractivity contribution in [2.45, 2.75) is 26.0 Å². The number of rotatable bonds is 7. The number of benzene rings is 2. The van der Waals surface area contributed by atoms with Gasteiger partial charge in [-0.05, 0) is 43.7 Å². The quantitative estimate of drug-likeness (QED) is 0.806. The van der Waals surface area contributed by atoms with Crippen LogP contribution >= 0.6 is 0 Å².